The Bertz CT molecular complexity index is 513. The Morgan fingerprint density at radius 1 is 1.16 bits per heavy atom. The summed E-state index contributed by atoms with van der Waals surface area (Å²) < 4.78 is 2.14. The average Bonchev–Trinajstić information content (AvgIpc) is 3.04. The van der Waals surface area contributed by atoms with E-state index in [1.165, 1.54) is 50.9 Å². The van der Waals surface area contributed by atoms with Crippen molar-refractivity contribution in [2.24, 2.45) is 11.8 Å². The van der Waals surface area contributed by atoms with Crippen LogP contribution in [0.2, 0.25) is 0 Å². The molecule has 2 heterocycles. The summed E-state index contributed by atoms with van der Waals surface area (Å²) in [5.74, 6) is 1.94. The van der Waals surface area contributed by atoms with Crippen LogP contribution in [-0.4, -0.2) is 40.1 Å². The van der Waals surface area contributed by atoms with Gasteiger partial charge in [-0.1, -0.05) is 34.1 Å². The average molecular weight is 348 g/mol. The molecule has 4 heteroatoms. The van der Waals surface area contributed by atoms with Crippen molar-refractivity contribution in [1.82, 2.24) is 14.7 Å². The summed E-state index contributed by atoms with van der Waals surface area (Å²) in [6.45, 7) is 13.1. The second-order valence-electron chi connectivity index (χ2n) is 8.37. The van der Waals surface area contributed by atoms with Crippen LogP contribution in [0.15, 0.2) is 12.4 Å². The van der Waals surface area contributed by atoms with Crippen molar-refractivity contribution in [1.29, 1.82) is 0 Å². The van der Waals surface area contributed by atoms with Crippen LogP contribution in [0, 0.1) is 11.8 Å². The van der Waals surface area contributed by atoms with E-state index in [0.717, 1.165) is 25.3 Å². The molecule has 0 N–H and O–H groups in total. The first-order chi connectivity index (χ1) is 12.0. The zero-order chi connectivity index (χ0) is 18.2. The zero-order valence-electron chi connectivity index (χ0n) is 16.7. The van der Waals surface area contributed by atoms with Crippen LogP contribution in [0.25, 0.3) is 0 Å². The van der Waals surface area contributed by atoms with E-state index in [0.29, 0.717) is 11.7 Å². The second-order valence-corrected chi connectivity index (χ2v) is 8.37. The predicted molar refractivity (Wildman–Crippen MR) is 104 cm³/mol. The van der Waals surface area contributed by atoms with Crippen molar-refractivity contribution < 1.29 is 4.79 Å². The van der Waals surface area contributed by atoms with Gasteiger partial charge in [0.2, 0.25) is 0 Å². The number of unbranched alkanes of at least 4 members (excludes halogenated alkanes) is 2. The Balaban J connectivity index is 1.57. The summed E-state index contributed by atoms with van der Waals surface area (Å²) in [7, 11) is 0. The summed E-state index contributed by atoms with van der Waals surface area (Å²) in [6.07, 6.45) is 11.0. The van der Waals surface area contributed by atoms with Crippen LogP contribution in [0.5, 0.6) is 0 Å². The van der Waals surface area contributed by atoms with Gasteiger partial charge >= 0.3 is 0 Å². The number of rotatable bonds is 10. The molecule has 0 unspecified atom stereocenters. The molecule has 0 atom stereocenters. The maximum atomic E-state index is 11.6. The molecule has 0 amide bonds. The van der Waals surface area contributed by atoms with Gasteiger partial charge in [0.1, 0.15) is 5.78 Å². The van der Waals surface area contributed by atoms with Crippen LogP contribution < -0.4 is 0 Å². The van der Waals surface area contributed by atoms with E-state index < -0.39 is 0 Å². The summed E-state index contributed by atoms with van der Waals surface area (Å²) in [5.41, 5.74) is 1.34. The number of Topliss-reactive ketones (excluding diaryl/α,β-unsaturated/α-hetero) is 1. The molecule has 0 saturated carbocycles. The Morgan fingerprint density at radius 2 is 1.88 bits per heavy atom. The van der Waals surface area contributed by atoms with Gasteiger partial charge in [0.15, 0.2) is 0 Å². The number of hydrogen-bond donors (Lipinski definition) is 0. The lowest BCUT2D eigenvalue weighted by Gasteiger charge is -2.31. The number of piperidine rings is 1. The molecule has 2 rings (SSSR count). The quantitative estimate of drug-likeness (QED) is 0.585. The van der Waals surface area contributed by atoms with Gasteiger partial charge in [-0.05, 0) is 62.7 Å². The first-order valence-electron chi connectivity index (χ1n) is 10.2. The van der Waals surface area contributed by atoms with Gasteiger partial charge in [0.25, 0.3) is 0 Å². The smallest absolute Gasteiger partial charge is 0.135 e. The number of carbonyl (C=O) groups excluding carboxylic acids is 1. The highest BCUT2D eigenvalue weighted by molar-refractivity contribution is 5.80. The second kappa shape index (κ2) is 10.1. The van der Waals surface area contributed by atoms with Crippen molar-refractivity contribution in [2.75, 3.05) is 19.6 Å². The lowest BCUT2D eigenvalue weighted by Crippen LogP contribution is -2.35. The van der Waals surface area contributed by atoms with Gasteiger partial charge in [-0.15, -0.1) is 0 Å². The SMILES string of the molecule is CC(C)C(=O)CCCCCN1CCC(Cn2cc(C(C)C)cn2)CC1. The minimum Gasteiger partial charge on any atom is -0.303 e. The van der Waals surface area contributed by atoms with E-state index in [1.807, 2.05) is 20.0 Å². The topological polar surface area (TPSA) is 38.1 Å². The van der Waals surface area contributed by atoms with Crippen LogP contribution in [0.3, 0.4) is 0 Å². The van der Waals surface area contributed by atoms with Crippen LogP contribution >= 0.6 is 0 Å². The third kappa shape index (κ3) is 6.93. The molecule has 0 aromatic carbocycles. The Hall–Kier alpha value is -1.16. The number of nitrogens with zero attached hydrogens (tertiary/aromatic N) is 3. The molecule has 142 valence electrons. The minimum atomic E-state index is 0.199. The van der Waals surface area contributed by atoms with Gasteiger partial charge in [-0.3, -0.25) is 9.48 Å². The highest BCUT2D eigenvalue weighted by Crippen LogP contribution is 2.21. The van der Waals surface area contributed by atoms with Crippen molar-refractivity contribution in [2.45, 2.75) is 78.7 Å². The Kier molecular flexibility index (Phi) is 8.14. The fourth-order valence-corrected chi connectivity index (χ4v) is 3.53. The fraction of sp³-hybridized carbons (Fsp3) is 0.810. The Labute approximate surface area is 154 Å². The molecule has 1 aliphatic heterocycles. The summed E-state index contributed by atoms with van der Waals surface area (Å²) in [4.78, 5) is 14.2. The molecule has 1 aromatic rings. The standard InChI is InChI=1S/C21H37N3O/c1-17(2)20-14-22-24(16-20)15-19-9-12-23(13-10-19)11-7-5-6-8-21(25)18(3)4/h14,16-19H,5-13,15H2,1-4H3. The highest BCUT2D eigenvalue weighted by Gasteiger charge is 2.19. The number of aromatic nitrogens is 2. The monoisotopic (exact) mass is 347 g/mol. The van der Waals surface area contributed by atoms with E-state index >= 15 is 0 Å². The maximum Gasteiger partial charge on any atom is 0.135 e. The molecule has 0 radical (unpaired) electrons. The predicted octanol–water partition coefficient (Wildman–Crippen LogP) is 4.50. The van der Waals surface area contributed by atoms with E-state index in [2.05, 4.69) is 34.7 Å². The van der Waals surface area contributed by atoms with Gasteiger partial charge in [-0.2, -0.15) is 5.10 Å². The molecule has 0 bridgehead atoms. The first-order valence-corrected chi connectivity index (χ1v) is 10.2. The molecule has 0 aliphatic carbocycles. The minimum absolute atomic E-state index is 0.199. The van der Waals surface area contributed by atoms with Crippen LogP contribution in [-0.2, 0) is 11.3 Å². The molecule has 0 spiro atoms. The zero-order valence-corrected chi connectivity index (χ0v) is 16.7. The molecule has 25 heavy (non-hydrogen) atoms. The number of ketones is 1. The largest absolute Gasteiger partial charge is 0.303 e. The Morgan fingerprint density at radius 3 is 2.48 bits per heavy atom. The van der Waals surface area contributed by atoms with Crippen LogP contribution in [0.1, 0.15) is 77.7 Å². The van der Waals surface area contributed by atoms with Crippen molar-refractivity contribution in [3.8, 4) is 0 Å². The van der Waals surface area contributed by atoms with E-state index in [1.54, 1.807) is 0 Å². The maximum absolute atomic E-state index is 11.6. The third-order valence-electron chi connectivity index (χ3n) is 5.51. The number of hydrogen-bond acceptors (Lipinski definition) is 3. The molecule has 1 fully saturated rings. The van der Waals surface area contributed by atoms with Crippen LogP contribution in [0.4, 0.5) is 0 Å². The van der Waals surface area contributed by atoms with Crippen molar-refractivity contribution >= 4 is 5.78 Å². The fourth-order valence-electron chi connectivity index (χ4n) is 3.53. The molecule has 1 aromatic heterocycles. The lowest BCUT2D eigenvalue weighted by molar-refractivity contribution is -0.122. The molecule has 1 saturated heterocycles. The van der Waals surface area contributed by atoms with E-state index in [-0.39, 0.29) is 5.92 Å². The van der Waals surface area contributed by atoms with Crippen molar-refractivity contribution in [3.63, 3.8) is 0 Å². The first kappa shape index (κ1) is 20.2. The third-order valence-corrected chi connectivity index (χ3v) is 5.51. The summed E-state index contributed by atoms with van der Waals surface area (Å²) in [6, 6.07) is 0. The van der Waals surface area contributed by atoms with Gasteiger partial charge in [0.05, 0.1) is 6.20 Å². The molecule has 4 nitrogen and oxygen atoms in total. The number of carbonyl (C=O) groups is 1. The van der Waals surface area contributed by atoms with Gasteiger partial charge < -0.3 is 4.90 Å². The van der Waals surface area contributed by atoms with E-state index in [9.17, 15) is 4.79 Å². The summed E-state index contributed by atoms with van der Waals surface area (Å²) in [5, 5.41) is 4.52. The van der Waals surface area contributed by atoms with Gasteiger partial charge in [0, 0.05) is 25.1 Å². The number of likely N-dealkylation sites (tertiary alicyclic amines) is 1. The van der Waals surface area contributed by atoms with Gasteiger partial charge in [-0.25, -0.2) is 0 Å². The molecular formula is C21H37N3O. The van der Waals surface area contributed by atoms with E-state index in [4.69, 9.17) is 0 Å². The van der Waals surface area contributed by atoms with Crippen molar-refractivity contribution in [3.05, 3.63) is 18.0 Å². The lowest BCUT2D eigenvalue weighted by atomic mass is 9.96. The highest BCUT2D eigenvalue weighted by atomic mass is 16.1. The normalized spacial score (nSPS) is 16.9. The molecule has 1 aliphatic rings. The summed E-state index contributed by atoms with van der Waals surface area (Å²) >= 11 is 0. The molecular weight excluding hydrogens is 310 g/mol.